The van der Waals surface area contributed by atoms with Gasteiger partial charge in [0.25, 0.3) is 0 Å². The molecular weight excluding hydrogens is 308 g/mol. The van der Waals surface area contributed by atoms with Gasteiger partial charge in [-0.25, -0.2) is 9.78 Å². The molecule has 0 saturated carbocycles. The highest BCUT2D eigenvalue weighted by Crippen LogP contribution is 2.32. The Bertz CT molecular complexity index is 889. The molecule has 0 saturated heterocycles. The molecule has 3 N–H and O–H groups in total. The van der Waals surface area contributed by atoms with Crippen molar-refractivity contribution in [2.24, 2.45) is 0 Å². The summed E-state index contributed by atoms with van der Waals surface area (Å²) in [6.45, 7) is 0. The highest BCUT2D eigenvalue weighted by molar-refractivity contribution is 6.32. The highest BCUT2D eigenvalue weighted by Gasteiger charge is 2.17. The van der Waals surface area contributed by atoms with E-state index in [1.807, 2.05) is 0 Å². The lowest BCUT2D eigenvalue weighted by atomic mass is 10.2. The molecular formula is C15H11ClN2O4. The maximum absolute atomic E-state index is 11.3. The van der Waals surface area contributed by atoms with Crippen molar-refractivity contribution in [1.29, 1.82) is 0 Å². The van der Waals surface area contributed by atoms with Crippen LogP contribution >= 0.6 is 11.6 Å². The minimum absolute atomic E-state index is 0.0339. The van der Waals surface area contributed by atoms with E-state index in [0.29, 0.717) is 27.5 Å². The van der Waals surface area contributed by atoms with Crippen LogP contribution in [0.2, 0.25) is 5.02 Å². The molecule has 6 nitrogen and oxygen atoms in total. The molecule has 0 atom stereocenters. The van der Waals surface area contributed by atoms with Crippen molar-refractivity contribution in [1.82, 2.24) is 4.98 Å². The summed E-state index contributed by atoms with van der Waals surface area (Å²) in [6, 6.07) is 7.92. The molecule has 0 amide bonds. The predicted molar refractivity (Wildman–Crippen MR) is 82.4 cm³/mol. The monoisotopic (exact) mass is 318 g/mol. The first kappa shape index (κ1) is 14.2. The number of aromatic carboxylic acids is 1. The minimum atomic E-state index is -1.13. The number of carboxylic acid groups (broad SMARTS) is 1. The molecule has 112 valence electrons. The second-order valence-corrected chi connectivity index (χ2v) is 5.00. The molecule has 0 fully saturated rings. The van der Waals surface area contributed by atoms with Gasteiger partial charge in [0.15, 0.2) is 5.58 Å². The van der Waals surface area contributed by atoms with Crippen molar-refractivity contribution < 1.29 is 19.1 Å². The van der Waals surface area contributed by atoms with E-state index in [2.05, 4.69) is 4.98 Å². The third-order valence-electron chi connectivity index (χ3n) is 3.14. The number of aromatic nitrogens is 1. The summed E-state index contributed by atoms with van der Waals surface area (Å²) >= 11 is 6.08. The average molecular weight is 319 g/mol. The van der Waals surface area contributed by atoms with Gasteiger partial charge in [-0.1, -0.05) is 11.6 Å². The molecule has 0 unspecified atom stereocenters. The molecule has 1 heterocycles. The number of carboxylic acids is 1. The molecule has 2 aromatic carbocycles. The standard InChI is InChI=1S/C15H11ClN2O4/c1-21-12-3-2-7(4-10(12)16)14-18-11-6-8(17)5-9(15(19)20)13(11)22-14/h2-6H,17H2,1H3,(H,19,20). The SMILES string of the molecule is COc1ccc(-c2nc3cc(N)cc(C(=O)O)c3o2)cc1Cl. The number of rotatable bonds is 3. The van der Waals surface area contributed by atoms with E-state index in [0.717, 1.165) is 0 Å². The fraction of sp³-hybridized carbons (Fsp3) is 0.0667. The minimum Gasteiger partial charge on any atom is -0.495 e. The lowest BCUT2D eigenvalue weighted by Crippen LogP contribution is -1.98. The Balaban J connectivity index is 2.18. The van der Waals surface area contributed by atoms with Gasteiger partial charge in [-0.05, 0) is 30.3 Å². The largest absolute Gasteiger partial charge is 0.495 e. The molecule has 3 rings (SSSR count). The number of nitrogens with zero attached hydrogens (tertiary/aromatic N) is 1. The number of hydrogen-bond acceptors (Lipinski definition) is 5. The van der Waals surface area contributed by atoms with Crippen LogP contribution in [-0.2, 0) is 0 Å². The number of halogens is 1. The van der Waals surface area contributed by atoms with Gasteiger partial charge in [-0.2, -0.15) is 0 Å². The van der Waals surface area contributed by atoms with E-state index >= 15 is 0 Å². The van der Waals surface area contributed by atoms with Crippen LogP contribution in [0.4, 0.5) is 5.69 Å². The van der Waals surface area contributed by atoms with Crippen LogP contribution in [0, 0.1) is 0 Å². The highest BCUT2D eigenvalue weighted by atomic mass is 35.5. The second kappa shape index (κ2) is 5.23. The summed E-state index contributed by atoms with van der Waals surface area (Å²) in [7, 11) is 1.52. The van der Waals surface area contributed by atoms with E-state index in [4.69, 9.17) is 26.5 Å². The quantitative estimate of drug-likeness (QED) is 0.718. The fourth-order valence-corrected chi connectivity index (χ4v) is 2.39. The molecule has 0 aliphatic carbocycles. The van der Waals surface area contributed by atoms with Crippen LogP contribution in [0.3, 0.4) is 0 Å². The van der Waals surface area contributed by atoms with Crippen molar-refractivity contribution in [3.05, 3.63) is 40.9 Å². The number of oxazole rings is 1. The number of carbonyl (C=O) groups is 1. The topological polar surface area (TPSA) is 98.6 Å². The fourth-order valence-electron chi connectivity index (χ4n) is 2.14. The third kappa shape index (κ3) is 2.33. The summed E-state index contributed by atoms with van der Waals surface area (Å²) in [5.41, 5.74) is 7.11. The summed E-state index contributed by atoms with van der Waals surface area (Å²) in [5, 5.41) is 9.62. The molecule has 0 bridgehead atoms. The molecule has 7 heteroatoms. The number of hydrogen-bond donors (Lipinski definition) is 2. The molecule has 0 spiro atoms. The van der Waals surface area contributed by atoms with E-state index in [-0.39, 0.29) is 17.0 Å². The molecule has 0 radical (unpaired) electrons. The lowest BCUT2D eigenvalue weighted by Gasteiger charge is -2.03. The van der Waals surface area contributed by atoms with Gasteiger partial charge in [0.2, 0.25) is 5.89 Å². The van der Waals surface area contributed by atoms with Crippen molar-refractivity contribution >= 4 is 34.4 Å². The molecule has 0 aliphatic heterocycles. The van der Waals surface area contributed by atoms with Crippen LogP contribution in [-0.4, -0.2) is 23.2 Å². The van der Waals surface area contributed by atoms with Crippen LogP contribution in [0.15, 0.2) is 34.7 Å². The van der Waals surface area contributed by atoms with Crippen LogP contribution in [0.1, 0.15) is 10.4 Å². The van der Waals surface area contributed by atoms with Gasteiger partial charge in [0.1, 0.15) is 16.8 Å². The van der Waals surface area contributed by atoms with Gasteiger partial charge in [0, 0.05) is 11.3 Å². The first-order valence-electron chi connectivity index (χ1n) is 6.27. The van der Waals surface area contributed by atoms with Crippen molar-refractivity contribution in [2.75, 3.05) is 12.8 Å². The number of methoxy groups -OCH3 is 1. The maximum Gasteiger partial charge on any atom is 0.339 e. The molecule has 1 aromatic heterocycles. The average Bonchev–Trinajstić information content (AvgIpc) is 2.89. The second-order valence-electron chi connectivity index (χ2n) is 4.59. The number of anilines is 1. The van der Waals surface area contributed by atoms with Gasteiger partial charge >= 0.3 is 5.97 Å². The number of nitrogen functional groups attached to an aromatic ring is 1. The molecule has 22 heavy (non-hydrogen) atoms. The van der Waals surface area contributed by atoms with E-state index < -0.39 is 5.97 Å². The Morgan fingerprint density at radius 3 is 2.77 bits per heavy atom. The Hall–Kier alpha value is -2.73. The van der Waals surface area contributed by atoms with Crippen LogP contribution < -0.4 is 10.5 Å². The first-order valence-corrected chi connectivity index (χ1v) is 6.64. The Morgan fingerprint density at radius 2 is 2.14 bits per heavy atom. The van der Waals surface area contributed by atoms with Crippen molar-refractivity contribution in [3.63, 3.8) is 0 Å². The maximum atomic E-state index is 11.3. The molecule has 0 aliphatic rings. The number of benzene rings is 2. The Morgan fingerprint density at radius 1 is 1.36 bits per heavy atom. The predicted octanol–water partition coefficient (Wildman–Crippen LogP) is 3.44. The Labute approximate surface area is 130 Å². The van der Waals surface area contributed by atoms with Gasteiger partial charge in [-0.15, -0.1) is 0 Å². The summed E-state index contributed by atoms with van der Waals surface area (Å²) < 4.78 is 10.7. The number of nitrogens with two attached hydrogens (primary N) is 1. The lowest BCUT2D eigenvalue weighted by molar-refractivity contribution is 0.0698. The molecule has 3 aromatic rings. The van der Waals surface area contributed by atoms with Crippen molar-refractivity contribution in [2.45, 2.75) is 0 Å². The zero-order chi connectivity index (χ0) is 15.9. The summed E-state index contributed by atoms with van der Waals surface area (Å²) in [6.07, 6.45) is 0. The summed E-state index contributed by atoms with van der Waals surface area (Å²) in [5.74, 6) is -0.350. The van der Waals surface area contributed by atoms with Crippen LogP contribution in [0.5, 0.6) is 5.75 Å². The van der Waals surface area contributed by atoms with E-state index in [1.165, 1.54) is 13.2 Å². The van der Waals surface area contributed by atoms with Crippen LogP contribution in [0.25, 0.3) is 22.6 Å². The normalized spacial score (nSPS) is 10.8. The zero-order valence-corrected chi connectivity index (χ0v) is 12.2. The zero-order valence-electron chi connectivity index (χ0n) is 11.5. The van der Waals surface area contributed by atoms with Crippen molar-refractivity contribution in [3.8, 4) is 17.2 Å². The van der Waals surface area contributed by atoms with Gasteiger partial charge in [0.05, 0.1) is 12.1 Å². The van der Waals surface area contributed by atoms with Gasteiger partial charge in [-0.3, -0.25) is 0 Å². The first-order chi connectivity index (χ1) is 10.5. The number of fused-ring (bicyclic) bond motifs is 1. The third-order valence-corrected chi connectivity index (χ3v) is 3.44. The Kier molecular flexibility index (Phi) is 3.38. The van der Waals surface area contributed by atoms with E-state index in [1.54, 1.807) is 24.3 Å². The van der Waals surface area contributed by atoms with Gasteiger partial charge < -0.3 is 20.0 Å². The van der Waals surface area contributed by atoms with E-state index in [9.17, 15) is 9.90 Å². The summed E-state index contributed by atoms with van der Waals surface area (Å²) in [4.78, 5) is 15.5. The number of ether oxygens (including phenoxy) is 1. The smallest absolute Gasteiger partial charge is 0.339 e.